The molecule has 9 nitrogen and oxygen atoms in total. The van der Waals surface area contributed by atoms with Crippen LogP contribution in [0.25, 0.3) is 6.08 Å². The Hall–Kier alpha value is -3.51. The Morgan fingerprint density at radius 3 is 2.62 bits per heavy atom. The van der Waals surface area contributed by atoms with Crippen LogP contribution < -0.4 is 19.7 Å². The first-order valence-corrected chi connectivity index (χ1v) is 15.0. The van der Waals surface area contributed by atoms with E-state index in [1.54, 1.807) is 30.3 Å². The van der Waals surface area contributed by atoms with Crippen molar-refractivity contribution in [1.82, 2.24) is 4.90 Å². The van der Waals surface area contributed by atoms with Gasteiger partial charge in [0.2, 0.25) is 5.91 Å². The molecule has 3 aromatic carbocycles. The maximum absolute atomic E-state index is 13.2. The molecular formula is C30H27BrClN3O6S. The highest BCUT2D eigenvalue weighted by atomic mass is 79.9. The average molecular weight is 673 g/mol. The van der Waals surface area contributed by atoms with Crippen molar-refractivity contribution in [2.75, 3.05) is 50.2 Å². The molecule has 0 saturated carbocycles. The van der Waals surface area contributed by atoms with E-state index in [9.17, 15) is 14.4 Å². The van der Waals surface area contributed by atoms with Gasteiger partial charge in [0, 0.05) is 23.7 Å². The van der Waals surface area contributed by atoms with E-state index in [4.69, 9.17) is 25.8 Å². The minimum atomic E-state index is -0.546. The van der Waals surface area contributed by atoms with Gasteiger partial charge in [-0.25, -0.2) is 0 Å². The van der Waals surface area contributed by atoms with Gasteiger partial charge in [-0.15, -0.1) is 0 Å². The second-order valence-corrected chi connectivity index (χ2v) is 11.6. The summed E-state index contributed by atoms with van der Waals surface area (Å²) in [7, 11) is 1.51. The molecule has 12 heteroatoms. The van der Waals surface area contributed by atoms with E-state index >= 15 is 0 Å². The van der Waals surface area contributed by atoms with Gasteiger partial charge in [-0.1, -0.05) is 41.9 Å². The molecule has 1 N–H and O–H groups in total. The van der Waals surface area contributed by atoms with E-state index in [0.717, 1.165) is 27.9 Å². The molecule has 0 aliphatic carbocycles. The number of anilines is 2. The summed E-state index contributed by atoms with van der Waals surface area (Å²) in [5.74, 6) is -0.114. The summed E-state index contributed by atoms with van der Waals surface area (Å²) in [6, 6.07) is 18.3. The molecule has 0 atom stereocenters. The number of benzene rings is 3. The van der Waals surface area contributed by atoms with Crippen LogP contribution in [0.1, 0.15) is 11.1 Å². The maximum atomic E-state index is 13.2. The van der Waals surface area contributed by atoms with Crippen LogP contribution in [0.2, 0.25) is 5.02 Å². The highest BCUT2D eigenvalue weighted by molar-refractivity contribution is 9.10. The number of amides is 3. The van der Waals surface area contributed by atoms with Gasteiger partial charge in [0.25, 0.3) is 11.1 Å². The smallest absolute Gasteiger partial charge is 0.294 e. The fourth-order valence-electron chi connectivity index (χ4n) is 4.51. The highest BCUT2D eigenvalue weighted by Gasteiger charge is 2.36. The topological polar surface area (TPSA) is 97.4 Å². The second kappa shape index (κ2) is 13.6. The van der Waals surface area contributed by atoms with Gasteiger partial charge in [0.1, 0.15) is 13.2 Å². The third-order valence-corrected chi connectivity index (χ3v) is 8.45. The zero-order valence-corrected chi connectivity index (χ0v) is 25.8. The van der Waals surface area contributed by atoms with Gasteiger partial charge in [0.15, 0.2) is 11.5 Å². The monoisotopic (exact) mass is 671 g/mol. The standard InChI is InChI=1S/C30H27BrClN3O6S/c1-39-25-15-19(14-21(31)28(25)41-18-20-6-2-3-7-22(20)32)16-26-29(37)35(30(38)42-26)17-27(36)33-23-8-4-5-9-24(23)34-10-12-40-13-11-34/h2-9,14-16H,10-13,17-18H2,1H3,(H,33,36)/b26-16+. The number of rotatable bonds is 9. The van der Waals surface area contributed by atoms with E-state index in [-0.39, 0.29) is 11.5 Å². The summed E-state index contributed by atoms with van der Waals surface area (Å²) in [5, 5.41) is 2.93. The van der Waals surface area contributed by atoms with Crippen molar-refractivity contribution < 1.29 is 28.6 Å². The van der Waals surface area contributed by atoms with Gasteiger partial charge in [-0.2, -0.15) is 0 Å². The van der Waals surface area contributed by atoms with Gasteiger partial charge in [-0.3, -0.25) is 19.3 Å². The molecule has 218 valence electrons. The van der Waals surface area contributed by atoms with Gasteiger partial charge >= 0.3 is 0 Å². The molecule has 2 aliphatic heterocycles. The number of carbonyl (C=O) groups is 3. The lowest BCUT2D eigenvalue weighted by molar-refractivity contribution is -0.127. The van der Waals surface area contributed by atoms with Crippen molar-refractivity contribution in [3.63, 3.8) is 0 Å². The molecule has 0 spiro atoms. The molecule has 0 aromatic heterocycles. The fourth-order valence-corrected chi connectivity index (χ4v) is 6.11. The molecule has 2 fully saturated rings. The molecular weight excluding hydrogens is 646 g/mol. The molecule has 0 bridgehead atoms. The van der Waals surface area contributed by atoms with Crippen LogP contribution in [-0.2, 0) is 20.9 Å². The number of thioether (sulfide) groups is 1. The summed E-state index contributed by atoms with van der Waals surface area (Å²) in [6.45, 7) is 2.44. The van der Waals surface area contributed by atoms with Crippen LogP contribution in [0.4, 0.5) is 16.2 Å². The Kier molecular flexibility index (Phi) is 9.73. The zero-order chi connectivity index (χ0) is 29.6. The van der Waals surface area contributed by atoms with Gasteiger partial charge < -0.3 is 24.4 Å². The number of ether oxygens (including phenoxy) is 3. The first-order chi connectivity index (χ1) is 20.3. The Labute approximate surface area is 260 Å². The lowest BCUT2D eigenvalue weighted by Gasteiger charge is -2.30. The minimum Gasteiger partial charge on any atom is -0.493 e. The number of imide groups is 1. The highest BCUT2D eigenvalue weighted by Crippen LogP contribution is 2.40. The number of nitrogens with zero attached hydrogens (tertiary/aromatic N) is 2. The molecule has 2 heterocycles. The molecule has 2 saturated heterocycles. The maximum Gasteiger partial charge on any atom is 0.294 e. The van der Waals surface area contributed by atoms with E-state index in [2.05, 4.69) is 26.1 Å². The largest absolute Gasteiger partial charge is 0.493 e. The lowest BCUT2D eigenvalue weighted by atomic mass is 10.1. The zero-order valence-electron chi connectivity index (χ0n) is 22.6. The molecule has 42 heavy (non-hydrogen) atoms. The Morgan fingerprint density at radius 1 is 1.12 bits per heavy atom. The summed E-state index contributed by atoms with van der Waals surface area (Å²) >= 11 is 10.5. The van der Waals surface area contributed by atoms with Crippen LogP contribution in [0.5, 0.6) is 11.5 Å². The van der Waals surface area contributed by atoms with E-state index in [0.29, 0.717) is 58.5 Å². The first kappa shape index (κ1) is 30.0. The molecule has 2 aliphatic rings. The molecule has 0 radical (unpaired) electrons. The van der Waals surface area contributed by atoms with Crippen LogP contribution in [-0.4, -0.2) is 61.9 Å². The molecule has 0 unspecified atom stereocenters. The van der Waals surface area contributed by atoms with E-state index in [1.807, 2.05) is 36.4 Å². The quantitative estimate of drug-likeness (QED) is 0.269. The van der Waals surface area contributed by atoms with Crippen molar-refractivity contribution in [2.24, 2.45) is 0 Å². The van der Waals surface area contributed by atoms with Crippen LogP contribution in [0.15, 0.2) is 70.0 Å². The third-order valence-electron chi connectivity index (χ3n) is 6.58. The number of methoxy groups -OCH3 is 1. The number of hydrogen-bond donors (Lipinski definition) is 1. The molecule has 5 rings (SSSR count). The second-order valence-electron chi connectivity index (χ2n) is 9.35. The predicted molar refractivity (Wildman–Crippen MR) is 167 cm³/mol. The summed E-state index contributed by atoms with van der Waals surface area (Å²) in [4.78, 5) is 42.1. The van der Waals surface area contributed by atoms with Crippen LogP contribution in [0.3, 0.4) is 0 Å². The lowest BCUT2D eigenvalue weighted by Crippen LogP contribution is -2.38. The Bertz CT molecular complexity index is 1550. The number of carbonyl (C=O) groups excluding carboxylic acids is 3. The SMILES string of the molecule is COc1cc(/C=C2/SC(=O)N(CC(=O)Nc3ccccc3N3CCOCC3)C2=O)cc(Br)c1OCc1ccccc1Cl. The van der Waals surface area contributed by atoms with Crippen LogP contribution >= 0.6 is 39.3 Å². The Balaban J connectivity index is 1.27. The molecule has 3 aromatic rings. The fraction of sp³-hybridized carbons (Fsp3) is 0.233. The summed E-state index contributed by atoms with van der Waals surface area (Å²) in [6.07, 6.45) is 1.58. The Morgan fingerprint density at radius 2 is 1.86 bits per heavy atom. The van der Waals surface area contributed by atoms with Crippen LogP contribution in [0, 0.1) is 0 Å². The van der Waals surface area contributed by atoms with E-state index in [1.165, 1.54) is 7.11 Å². The number of halogens is 2. The average Bonchev–Trinajstić information content (AvgIpc) is 3.25. The van der Waals surface area contributed by atoms with Gasteiger partial charge in [-0.05, 0) is 69.7 Å². The van der Waals surface area contributed by atoms with Crippen molar-refractivity contribution in [2.45, 2.75) is 6.61 Å². The van der Waals surface area contributed by atoms with Crippen molar-refractivity contribution in [1.29, 1.82) is 0 Å². The normalized spacial score (nSPS) is 16.2. The van der Waals surface area contributed by atoms with Crippen molar-refractivity contribution >= 4 is 73.8 Å². The number of morpholine rings is 1. The third kappa shape index (κ3) is 6.92. The number of para-hydroxylation sites is 2. The minimum absolute atomic E-state index is 0.195. The number of nitrogens with one attached hydrogen (secondary N) is 1. The predicted octanol–water partition coefficient (Wildman–Crippen LogP) is 6.20. The number of hydrogen-bond acceptors (Lipinski definition) is 8. The van der Waals surface area contributed by atoms with Gasteiger partial charge in [0.05, 0.1) is 41.1 Å². The van der Waals surface area contributed by atoms with E-state index < -0.39 is 23.6 Å². The summed E-state index contributed by atoms with van der Waals surface area (Å²) in [5.41, 5.74) is 2.90. The first-order valence-electron chi connectivity index (χ1n) is 13.0. The van der Waals surface area contributed by atoms with Crippen molar-refractivity contribution in [3.05, 3.63) is 86.2 Å². The molecule has 3 amide bonds. The van der Waals surface area contributed by atoms with Crippen molar-refractivity contribution in [3.8, 4) is 11.5 Å². The summed E-state index contributed by atoms with van der Waals surface area (Å²) < 4.78 is 17.5.